The molecule has 0 fully saturated rings. The number of nitrogens with one attached hydrogen (secondary N) is 3. The Hall–Kier alpha value is -1.82. The predicted molar refractivity (Wildman–Crippen MR) is 75.1 cm³/mol. The molecule has 5 nitrogen and oxygen atoms in total. The fraction of sp³-hybridized carbons (Fsp3) is 0.333. The molecule has 0 saturated carbocycles. The Morgan fingerprint density at radius 3 is 2.83 bits per heavy atom. The molecule has 0 unspecified atom stereocenters. The van der Waals surface area contributed by atoms with Crippen molar-refractivity contribution in [3.8, 4) is 11.5 Å². The minimum atomic E-state index is 0.518. The molecule has 0 amide bonds. The standard InChI is InChI=1S/C12H17N3O2S/c1-4-17-10-6-5-9(7-11(10)16-3)8-14-15-12(18)13-2/h5-8H,4H2,1-3H3,(H2,13,15,18)/p+1. The maximum Gasteiger partial charge on any atom is 0.223 e. The van der Waals surface area contributed by atoms with Crippen LogP contribution < -0.4 is 25.3 Å². The van der Waals surface area contributed by atoms with Crippen LogP contribution in [-0.4, -0.2) is 32.1 Å². The highest BCUT2D eigenvalue weighted by Gasteiger charge is 2.05. The van der Waals surface area contributed by atoms with Gasteiger partial charge in [0.1, 0.15) is 0 Å². The summed E-state index contributed by atoms with van der Waals surface area (Å²) in [6.45, 7) is 2.54. The van der Waals surface area contributed by atoms with Crippen molar-refractivity contribution in [1.82, 2.24) is 10.7 Å². The second kappa shape index (κ2) is 7.50. The largest absolute Gasteiger partial charge is 0.493 e. The number of benzene rings is 1. The van der Waals surface area contributed by atoms with Gasteiger partial charge >= 0.3 is 0 Å². The summed E-state index contributed by atoms with van der Waals surface area (Å²) in [7, 11) is 3.36. The number of methoxy groups -OCH3 is 1. The number of hydrazine groups is 1. The molecule has 0 aliphatic heterocycles. The van der Waals surface area contributed by atoms with Gasteiger partial charge in [-0.25, -0.2) is 0 Å². The zero-order chi connectivity index (χ0) is 13.4. The first-order valence-corrected chi connectivity index (χ1v) is 5.99. The van der Waals surface area contributed by atoms with E-state index in [-0.39, 0.29) is 0 Å². The topological polar surface area (TPSA) is 56.5 Å². The first-order valence-electron chi connectivity index (χ1n) is 5.58. The lowest BCUT2D eigenvalue weighted by molar-refractivity contribution is -0.500. The second-order valence-corrected chi connectivity index (χ2v) is 3.74. The summed E-state index contributed by atoms with van der Waals surface area (Å²) in [4.78, 5) is 0. The highest BCUT2D eigenvalue weighted by molar-refractivity contribution is 7.80. The fourth-order valence-electron chi connectivity index (χ4n) is 1.30. The molecule has 0 atom stereocenters. The molecule has 0 saturated heterocycles. The normalized spacial score (nSPS) is 10.2. The molecule has 0 heterocycles. The molecule has 0 spiro atoms. The third kappa shape index (κ3) is 4.21. The molecular formula is C12H18N3O2S+. The van der Waals surface area contributed by atoms with E-state index in [2.05, 4.69) is 15.8 Å². The summed E-state index contributed by atoms with van der Waals surface area (Å²) in [6.07, 6.45) is 1.78. The van der Waals surface area contributed by atoms with Gasteiger partial charge in [0.05, 0.1) is 13.7 Å². The number of hydrazone groups is 1. The van der Waals surface area contributed by atoms with Crippen LogP contribution in [0.25, 0.3) is 0 Å². The molecule has 1 aromatic rings. The van der Waals surface area contributed by atoms with Crippen LogP contribution in [0.1, 0.15) is 12.5 Å². The van der Waals surface area contributed by atoms with Crippen LogP contribution >= 0.6 is 12.2 Å². The number of rotatable bonds is 5. The van der Waals surface area contributed by atoms with Crippen molar-refractivity contribution in [3.63, 3.8) is 0 Å². The van der Waals surface area contributed by atoms with Gasteiger partial charge in [0.15, 0.2) is 17.7 Å². The lowest BCUT2D eigenvalue weighted by Crippen LogP contribution is -2.82. The van der Waals surface area contributed by atoms with E-state index in [1.54, 1.807) is 20.4 Å². The van der Waals surface area contributed by atoms with Crippen molar-refractivity contribution in [1.29, 1.82) is 0 Å². The van der Waals surface area contributed by atoms with Crippen molar-refractivity contribution in [2.24, 2.45) is 0 Å². The number of hydrogen-bond donors (Lipinski definition) is 3. The molecule has 0 aromatic heterocycles. The molecule has 0 aliphatic carbocycles. The average molecular weight is 268 g/mol. The summed E-state index contributed by atoms with van der Waals surface area (Å²) >= 11 is 4.93. The highest BCUT2D eigenvalue weighted by atomic mass is 32.1. The summed E-state index contributed by atoms with van der Waals surface area (Å²) < 4.78 is 10.7. The summed E-state index contributed by atoms with van der Waals surface area (Å²) in [5, 5.41) is 6.19. The minimum absolute atomic E-state index is 0.518. The summed E-state index contributed by atoms with van der Waals surface area (Å²) in [5.74, 6) is 1.43. The van der Waals surface area contributed by atoms with E-state index in [4.69, 9.17) is 21.7 Å². The molecule has 0 radical (unpaired) electrons. The Kier molecular flexibility index (Phi) is 5.93. The van der Waals surface area contributed by atoms with Crippen LogP contribution in [0.15, 0.2) is 18.2 Å². The van der Waals surface area contributed by atoms with E-state index < -0.39 is 0 Å². The molecule has 1 aromatic carbocycles. The van der Waals surface area contributed by atoms with Crippen LogP contribution in [0.4, 0.5) is 0 Å². The zero-order valence-corrected chi connectivity index (χ0v) is 11.6. The maximum absolute atomic E-state index is 5.44. The summed E-state index contributed by atoms with van der Waals surface area (Å²) in [5.41, 5.74) is 3.75. The number of ether oxygens (including phenoxy) is 2. The molecule has 98 valence electrons. The van der Waals surface area contributed by atoms with Crippen LogP contribution in [-0.2, 0) is 0 Å². The van der Waals surface area contributed by atoms with E-state index >= 15 is 0 Å². The number of thiocarbonyl (C=S) groups is 1. The van der Waals surface area contributed by atoms with E-state index in [0.717, 1.165) is 11.3 Å². The maximum atomic E-state index is 5.44. The van der Waals surface area contributed by atoms with Gasteiger partial charge in [-0.1, -0.05) is 0 Å². The number of hydrogen-bond acceptors (Lipinski definition) is 3. The van der Waals surface area contributed by atoms with Crippen molar-refractivity contribution in [3.05, 3.63) is 23.8 Å². The van der Waals surface area contributed by atoms with Gasteiger partial charge in [0.25, 0.3) is 0 Å². The lowest BCUT2D eigenvalue weighted by Gasteiger charge is -2.08. The van der Waals surface area contributed by atoms with Gasteiger partial charge in [0, 0.05) is 12.6 Å². The highest BCUT2D eigenvalue weighted by Crippen LogP contribution is 2.27. The van der Waals surface area contributed by atoms with Gasteiger partial charge in [0.2, 0.25) is 5.11 Å². The van der Waals surface area contributed by atoms with Crippen LogP contribution in [0.5, 0.6) is 11.5 Å². The van der Waals surface area contributed by atoms with Crippen molar-refractivity contribution in [2.75, 3.05) is 20.8 Å². The van der Waals surface area contributed by atoms with E-state index in [1.807, 2.05) is 25.1 Å². The quantitative estimate of drug-likeness (QED) is 0.385. The lowest BCUT2D eigenvalue weighted by atomic mass is 10.2. The Bertz CT molecular complexity index is 435. The van der Waals surface area contributed by atoms with Crippen molar-refractivity contribution in [2.45, 2.75) is 6.92 Å². The monoisotopic (exact) mass is 268 g/mol. The minimum Gasteiger partial charge on any atom is -0.493 e. The van der Waals surface area contributed by atoms with Crippen molar-refractivity contribution < 1.29 is 14.6 Å². The van der Waals surface area contributed by atoms with Gasteiger partial charge in [-0.3, -0.25) is 0 Å². The SMILES string of the molecule is CCOc1ccc(C=[NH+]NC(=S)NC)cc1OC. The Labute approximate surface area is 112 Å². The third-order valence-electron chi connectivity index (χ3n) is 2.14. The average Bonchev–Trinajstić information content (AvgIpc) is 2.40. The van der Waals surface area contributed by atoms with Gasteiger partial charge < -0.3 is 14.8 Å². The summed E-state index contributed by atoms with van der Waals surface area (Å²) in [6, 6.07) is 5.67. The van der Waals surface area contributed by atoms with E-state index in [0.29, 0.717) is 17.5 Å². The first-order chi connectivity index (χ1) is 8.71. The smallest absolute Gasteiger partial charge is 0.223 e. The van der Waals surface area contributed by atoms with Crippen LogP contribution in [0, 0.1) is 0 Å². The van der Waals surface area contributed by atoms with E-state index in [9.17, 15) is 0 Å². The Balaban J connectivity index is 2.75. The third-order valence-corrected chi connectivity index (χ3v) is 2.45. The van der Waals surface area contributed by atoms with Crippen molar-refractivity contribution >= 4 is 23.5 Å². The zero-order valence-electron chi connectivity index (χ0n) is 10.7. The van der Waals surface area contributed by atoms with Crippen LogP contribution in [0.2, 0.25) is 0 Å². The van der Waals surface area contributed by atoms with Crippen LogP contribution in [0.3, 0.4) is 0 Å². The molecule has 3 N–H and O–H groups in total. The molecule has 6 heteroatoms. The molecule has 1 rings (SSSR count). The second-order valence-electron chi connectivity index (χ2n) is 3.34. The molecule has 0 aliphatic rings. The molecule has 18 heavy (non-hydrogen) atoms. The molecule has 0 bridgehead atoms. The van der Waals surface area contributed by atoms with E-state index in [1.165, 1.54) is 0 Å². The predicted octanol–water partition coefficient (Wildman–Crippen LogP) is -0.398. The fourth-order valence-corrected chi connectivity index (χ4v) is 1.36. The van der Waals surface area contributed by atoms with Gasteiger partial charge in [-0.2, -0.15) is 0 Å². The first kappa shape index (κ1) is 14.2. The van der Waals surface area contributed by atoms with Gasteiger partial charge in [-0.15, -0.1) is 10.5 Å². The Morgan fingerprint density at radius 2 is 2.22 bits per heavy atom. The Morgan fingerprint density at radius 1 is 1.44 bits per heavy atom. The van der Waals surface area contributed by atoms with Gasteiger partial charge in [-0.05, 0) is 37.3 Å². The molecular weight excluding hydrogens is 250 g/mol.